The number of para-hydroxylation sites is 1. The molecule has 0 fully saturated rings. The van der Waals surface area contributed by atoms with Gasteiger partial charge in [-0.1, -0.05) is 25.1 Å². The van der Waals surface area contributed by atoms with Crippen LogP contribution in [0, 0.1) is 5.92 Å². The molecule has 176 valence electrons. The van der Waals surface area contributed by atoms with Crippen molar-refractivity contribution in [1.82, 2.24) is 10.4 Å². The van der Waals surface area contributed by atoms with Crippen LogP contribution in [0.3, 0.4) is 0 Å². The monoisotopic (exact) mass is 480 g/mol. The minimum atomic E-state index is -1.02. The number of hydrogen-bond donors (Lipinski definition) is 3. The Morgan fingerprint density at radius 2 is 2.06 bits per heavy atom. The Morgan fingerprint density at radius 3 is 2.85 bits per heavy atom. The van der Waals surface area contributed by atoms with Crippen molar-refractivity contribution in [2.45, 2.75) is 33.1 Å². The van der Waals surface area contributed by atoms with Crippen molar-refractivity contribution < 1.29 is 19.1 Å². The van der Waals surface area contributed by atoms with E-state index >= 15 is 0 Å². The molecule has 0 aliphatic heterocycles. The standard InChI is InChI=1S/C24H24N4O5S/c1-3-33-24(32)19-16-9-8-13(2)10-18(16)34-23(19)27-21(30)22(31)28-25-12-15-11-14-6-4-5-7-17(14)26-20(15)29/h4-7,11-13H,3,8-10H2,1-2H3,(H,26,29)(H,27,30)(H,28,31)/b25-12-/t13-/m1/s1. The third kappa shape index (κ3) is 4.91. The number of benzene rings is 1. The largest absolute Gasteiger partial charge is 0.462 e. The van der Waals surface area contributed by atoms with Gasteiger partial charge in [0.2, 0.25) is 0 Å². The number of hydrogen-bond acceptors (Lipinski definition) is 7. The molecule has 0 unspecified atom stereocenters. The highest BCUT2D eigenvalue weighted by atomic mass is 32.1. The van der Waals surface area contributed by atoms with Crippen LogP contribution in [0.5, 0.6) is 0 Å². The molecule has 1 aliphatic rings. The van der Waals surface area contributed by atoms with Gasteiger partial charge in [0.25, 0.3) is 5.56 Å². The summed E-state index contributed by atoms with van der Waals surface area (Å²) in [7, 11) is 0. The molecule has 2 amide bonds. The molecule has 0 radical (unpaired) electrons. The number of anilines is 1. The molecule has 3 aromatic rings. The molecular weight excluding hydrogens is 456 g/mol. The molecule has 4 rings (SSSR count). The van der Waals surface area contributed by atoms with Crippen molar-refractivity contribution in [3.8, 4) is 0 Å². The molecule has 2 aromatic heterocycles. The van der Waals surface area contributed by atoms with E-state index in [2.05, 4.69) is 27.8 Å². The average Bonchev–Trinajstić information content (AvgIpc) is 3.16. The molecule has 1 aromatic carbocycles. The van der Waals surface area contributed by atoms with Crippen molar-refractivity contribution >= 4 is 51.2 Å². The number of aromatic nitrogens is 1. The molecule has 34 heavy (non-hydrogen) atoms. The Labute approximate surface area is 199 Å². The van der Waals surface area contributed by atoms with Crippen molar-refractivity contribution in [3.05, 3.63) is 62.3 Å². The second-order valence-electron chi connectivity index (χ2n) is 8.07. The molecule has 0 saturated carbocycles. The van der Waals surface area contributed by atoms with E-state index in [1.165, 1.54) is 17.6 Å². The summed E-state index contributed by atoms with van der Waals surface area (Å²) >= 11 is 1.29. The molecule has 0 saturated heterocycles. The van der Waals surface area contributed by atoms with Gasteiger partial charge < -0.3 is 15.0 Å². The summed E-state index contributed by atoms with van der Waals surface area (Å²) in [4.78, 5) is 53.3. The highest BCUT2D eigenvalue weighted by Gasteiger charge is 2.30. The van der Waals surface area contributed by atoms with Gasteiger partial charge in [-0.15, -0.1) is 11.3 Å². The number of esters is 1. The maximum absolute atomic E-state index is 12.6. The highest BCUT2D eigenvalue weighted by molar-refractivity contribution is 7.17. The van der Waals surface area contributed by atoms with Crippen molar-refractivity contribution in [2.75, 3.05) is 11.9 Å². The maximum atomic E-state index is 12.6. The van der Waals surface area contributed by atoms with Gasteiger partial charge in [0.1, 0.15) is 5.00 Å². The SMILES string of the molecule is CCOC(=O)c1c(NC(=O)C(=O)N/N=C\c2cc3ccccc3[nH]c2=O)sc2c1CC[C@@H](C)C2. The quantitative estimate of drug-likeness (QED) is 0.224. The predicted octanol–water partition coefficient (Wildman–Crippen LogP) is 2.98. The van der Waals surface area contributed by atoms with Gasteiger partial charge in [0, 0.05) is 10.4 Å². The zero-order valence-electron chi connectivity index (χ0n) is 18.8. The van der Waals surface area contributed by atoms with E-state index in [0.717, 1.165) is 28.7 Å². The number of carbonyl (C=O) groups is 3. The zero-order chi connectivity index (χ0) is 24.2. The number of thiophene rings is 1. The van der Waals surface area contributed by atoms with E-state index in [-0.39, 0.29) is 17.7 Å². The molecule has 1 aliphatic carbocycles. The first-order valence-corrected chi connectivity index (χ1v) is 11.8. The fourth-order valence-corrected chi connectivity index (χ4v) is 5.28. The van der Waals surface area contributed by atoms with Crippen LogP contribution in [-0.2, 0) is 27.2 Å². The summed E-state index contributed by atoms with van der Waals surface area (Å²) in [6.45, 7) is 4.05. The maximum Gasteiger partial charge on any atom is 0.341 e. The number of nitrogens with zero attached hydrogens (tertiary/aromatic N) is 1. The highest BCUT2D eigenvalue weighted by Crippen LogP contribution is 2.40. The predicted molar refractivity (Wildman–Crippen MR) is 130 cm³/mol. The van der Waals surface area contributed by atoms with Crippen LogP contribution in [0.1, 0.15) is 46.6 Å². The number of pyridine rings is 1. The molecular formula is C24H24N4O5S. The Bertz CT molecular complexity index is 1360. The van der Waals surface area contributed by atoms with Crippen molar-refractivity contribution in [3.63, 3.8) is 0 Å². The topological polar surface area (TPSA) is 130 Å². The van der Waals surface area contributed by atoms with Gasteiger partial charge in [-0.25, -0.2) is 10.2 Å². The van der Waals surface area contributed by atoms with E-state index < -0.39 is 17.8 Å². The Hall–Kier alpha value is -3.79. The zero-order valence-corrected chi connectivity index (χ0v) is 19.6. The number of H-pyrrole nitrogens is 1. The summed E-state index contributed by atoms with van der Waals surface area (Å²) in [5.74, 6) is -2.04. The first kappa shape index (κ1) is 23.4. The number of nitrogens with one attached hydrogen (secondary N) is 3. The number of hydrazone groups is 1. The third-order valence-electron chi connectivity index (χ3n) is 5.58. The number of aromatic amines is 1. The van der Waals surface area contributed by atoms with Crippen LogP contribution >= 0.6 is 11.3 Å². The summed E-state index contributed by atoms with van der Waals surface area (Å²) in [5.41, 5.74) is 3.85. The number of fused-ring (bicyclic) bond motifs is 2. The lowest BCUT2D eigenvalue weighted by Crippen LogP contribution is -2.32. The lowest BCUT2D eigenvalue weighted by Gasteiger charge is -2.18. The average molecular weight is 481 g/mol. The summed E-state index contributed by atoms with van der Waals surface area (Å²) < 4.78 is 5.18. The molecule has 10 heteroatoms. The van der Waals surface area contributed by atoms with Gasteiger partial charge in [0.15, 0.2) is 0 Å². The number of rotatable bonds is 5. The van der Waals surface area contributed by atoms with Crippen LogP contribution in [-0.4, -0.2) is 35.6 Å². The Kier molecular flexibility index (Phi) is 6.87. The lowest BCUT2D eigenvalue weighted by atomic mass is 9.88. The fourth-order valence-electron chi connectivity index (χ4n) is 3.89. The van der Waals surface area contributed by atoms with Crippen LogP contribution < -0.4 is 16.3 Å². The minimum Gasteiger partial charge on any atom is -0.462 e. The van der Waals surface area contributed by atoms with Crippen LogP contribution in [0.4, 0.5) is 5.00 Å². The van der Waals surface area contributed by atoms with Crippen molar-refractivity contribution in [2.24, 2.45) is 11.0 Å². The van der Waals surface area contributed by atoms with Gasteiger partial charge in [-0.05, 0) is 55.2 Å². The number of ether oxygens (including phenoxy) is 1. The van der Waals surface area contributed by atoms with Gasteiger partial charge in [-0.3, -0.25) is 14.4 Å². The molecule has 9 nitrogen and oxygen atoms in total. The third-order valence-corrected chi connectivity index (χ3v) is 6.75. The van der Waals surface area contributed by atoms with Crippen LogP contribution in [0.2, 0.25) is 0 Å². The Morgan fingerprint density at radius 1 is 1.26 bits per heavy atom. The van der Waals surface area contributed by atoms with E-state index in [1.807, 2.05) is 18.2 Å². The Balaban J connectivity index is 1.48. The van der Waals surface area contributed by atoms with E-state index in [9.17, 15) is 19.2 Å². The summed E-state index contributed by atoms with van der Waals surface area (Å²) in [6, 6.07) is 8.88. The fraction of sp³-hybridized carbons (Fsp3) is 0.292. The molecule has 0 bridgehead atoms. The molecule has 2 heterocycles. The number of carbonyl (C=O) groups excluding carboxylic acids is 3. The first-order chi connectivity index (χ1) is 16.4. The summed E-state index contributed by atoms with van der Waals surface area (Å²) in [6.07, 6.45) is 3.63. The van der Waals surface area contributed by atoms with Crippen molar-refractivity contribution in [1.29, 1.82) is 0 Å². The lowest BCUT2D eigenvalue weighted by molar-refractivity contribution is -0.136. The van der Waals surface area contributed by atoms with E-state index in [0.29, 0.717) is 28.4 Å². The van der Waals surface area contributed by atoms with Crippen LogP contribution in [0.15, 0.2) is 40.2 Å². The summed E-state index contributed by atoms with van der Waals surface area (Å²) in [5, 5.41) is 7.37. The van der Waals surface area contributed by atoms with Gasteiger partial charge >= 0.3 is 17.8 Å². The first-order valence-electron chi connectivity index (χ1n) is 11.0. The van der Waals surface area contributed by atoms with Gasteiger partial charge in [-0.2, -0.15) is 5.10 Å². The normalized spacial score (nSPS) is 15.2. The second kappa shape index (κ2) is 10.0. The second-order valence-corrected chi connectivity index (χ2v) is 9.18. The minimum absolute atomic E-state index is 0.205. The molecule has 0 spiro atoms. The van der Waals surface area contributed by atoms with Crippen LogP contribution in [0.25, 0.3) is 10.9 Å². The smallest absolute Gasteiger partial charge is 0.341 e. The van der Waals surface area contributed by atoms with E-state index in [4.69, 9.17) is 4.74 Å². The number of amides is 2. The molecule has 3 N–H and O–H groups in total. The van der Waals surface area contributed by atoms with E-state index in [1.54, 1.807) is 19.1 Å². The van der Waals surface area contributed by atoms with Gasteiger partial charge in [0.05, 0.1) is 23.9 Å². The molecule has 1 atom stereocenters.